The molecule has 1 unspecified atom stereocenters. The van der Waals surface area contributed by atoms with E-state index in [1.165, 1.54) is 28.6 Å². The number of carbonyl (C=O) groups excluding carboxylic acids is 1. The minimum Gasteiger partial charge on any atom is -0.387 e. The first kappa shape index (κ1) is 22.2. The molecule has 1 fully saturated rings. The highest BCUT2D eigenvalue weighted by atomic mass is 32.2. The molecule has 1 aliphatic heterocycles. The van der Waals surface area contributed by atoms with Crippen molar-refractivity contribution in [3.05, 3.63) is 59.7 Å². The van der Waals surface area contributed by atoms with Gasteiger partial charge in [0.2, 0.25) is 10.0 Å². The molecular formula is C21H27N3O5S. The number of hydrogen-bond acceptors (Lipinski definition) is 6. The van der Waals surface area contributed by atoms with E-state index in [2.05, 4.69) is 5.32 Å². The Balaban J connectivity index is 1.59. The lowest BCUT2D eigenvalue weighted by atomic mass is 10.1. The van der Waals surface area contributed by atoms with Crippen molar-refractivity contribution < 1.29 is 23.1 Å². The van der Waals surface area contributed by atoms with Crippen LogP contribution >= 0.6 is 0 Å². The Labute approximate surface area is 177 Å². The van der Waals surface area contributed by atoms with E-state index in [0.717, 1.165) is 5.69 Å². The van der Waals surface area contributed by atoms with Gasteiger partial charge in [0.15, 0.2) is 0 Å². The summed E-state index contributed by atoms with van der Waals surface area (Å²) in [4.78, 5) is 14.5. The van der Waals surface area contributed by atoms with Crippen molar-refractivity contribution in [1.29, 1.82) is 0 Å². The molecule has 1 heterocycles. The first-order valence-corrected chi connectivity index (χ1v) is 11.1. The molecule has 2 aromatic carbocycles. The van der Waals surface area contributed by atoms with Gasteiger partial charge in [-0.15, -0.1) is 0 Å². The molecular weight excluding hydrogens is 406 g/mol. The number of aliphatic hydroxyl groups is 1. The number of carbonyl (C=O) groups is 1. The zero-order chi connectivity index (χ0) is 21.7. The van der Waals surface area contributed by atoms with Crippen LogP contribution in [0.25, 0.3) is 0 Å². The third kappa shape index (κ3) is 5.17. The SMILES string of the molecule is CN(C)c1ccc(C(O)CNC(=O)c2ccc(S(=O)(=O)N3CCOCC3)cc2)cc1. The molecule has 0 radical (unpaired) electrons. The summed E-state index contributed by atoms with van der Waals surface area (Å²) in [5, 5.41) is 13.0. The van der Waals surface area contributed by atoms with Gasteiger partial charge in [0.05, 0.1) is 24.2 Å². The van der Waals surface area contributed by atoms with E-state index >= 15 is 0 Å². The molecule has 30 heavy (non-hydrogen) atoms. The summed E-state index contributed by atoms with van der Waals surface area (Å²) in [7, 11) is 0.269. The number of rotatable bonds is 7. The van der Waals surface area contributed by atoms with Crippen molar-refractivity contribution in [3.63, 3.8) is 0 Å². The highest BCUT2D eigenvalue weighted by molar-refractivity contribution is 7.89. The summed E-state index contributed by atoms with van der Waals surface area (Å²) in [6.07, 6.45) is -0.842. The highest BCUT2D eigenvalue weighted by Gasteiger charge is 2.26. The number of hydrogen-bond donors (Lipinski definition) is 2. The second-order valence-corrected chi connectivity index (χ2v) is 9.19. The van der Waals surface area contributed by atoms with Crippen molar-refractivity contribution in [2.75, 3.05) is 51.8 Å². The van der Waals surface area contributed by atoms with Crippen molar-refractivity contribution in [3.8, 4) is 0 Å². The van der Waals surface area contributed by atoms with Crippen molar-refractivity contribution in [2.24, 2.45) is 0 Å². The summed E-state index contributed by atoms with van der Waals surface area (Å²) in [5.74, 6) is -0.380. The van der Waals surface area contributed by atoms with Crippen LogP contribution in [0.2, 0.25) is 0 Å². The molecule has 0 aliphatic carbocycles. The highest BCUT2D eigenvalue weighted by Crippen LogP contribution is 2.19. The average Bonchev–Trinajstić information content (AvgIpc) is 2.78. The predicted octanol–water partition coefficient (Wildman–Crippen LogP) is 1.24. The van der Waals surface area contributed by atoms with E-state index in [1.54, 1.807) is 0 Å². The lowest BCUT2D eigenvalue weighted by Gasteiger charge is -2.26. The van der Waals surface area contributed by atoms with Crippen LogP contribution in [0.15, 0.2) is 53.4 Å². The van der Waals surface area contributed by atoms with E-state index in [0.29, 0.717) is 37.4 Å². The molecule has 9 heteroatoms. The van der Waals surface area contributed by atoms with Gasteiger partial charge in [-0.05, 0) is 42.0 Å². The van der Waals surface area contributed by atoms with Crippen LogP contribution in [0, 0.1) is 0 Å². The lowest BCUT2D eigenvalue weighted by Crippen LogP contribution is -2.40. The number of anilines is 1. The Morgan fingerprint density at radius 1 is 1.10 bits per heavy atom. The zero-order valence-electron chi connectivity index (χ0n) is 17.1. The van der Waals surface area contributed by atoms with Crippen LogP contribution in [0.5, 0.6) is 0 Å². The summed E-state index contributed by atoms with van der Waals surface area (Å²) >= 11 is 0. The normalized spacial score (nSPS) is 16.1. The zero-order valence-corrected chi connectivity index (χ0v) is 17.9. The fourth-order valence-corrected chi connectivity index (χ4v) is 4.53. The Morgan fingerprint density at radius 3 is 2.27 bits per heavy atom. The van der Waals surface area contributed by atoms with E-state index in [-0.39, 0.29) is 17.3 Å². The van der Waals surface area contributed by atoms with E-state index in [9.17, 15) is 18.3 Å². The molecule has 0 aromatic heterocycles. The average molecular weight is 434 g/mol. The second kappa shape index (κ2) is 9.57. The summed E-state index contributed by atoms with van der Waals surface area (Å²) in [6.45, 7) is 1.43. The van der Waals surface area contributed by atoms with Crippen LogP contribution in [-0.2, 0) is 14.8 Å². The smallest absolute Gasteiger partial charge is 0.251 e. The van der Waals surface area contributed by atoms with E-state index in [1.807, 2.05) is 43.3 Å². The number of morpholine rings is 1. The van der Waals surface area contributed by atoms with E-state index < -0.39 is 16.1 Å². The molecule has 162 valence electrons. The predicted molar refractivity (Wildman–Crippen MR) is 114 cm³/mol. The number of aliphatic hydroxyl groups excluding tert-OH is 1. The molecule has 0 spiro atoms. The van der Waals surface area contributed by atoms with Crippen molar-refractivity contribution in [1.82, 2.24) is 9.62 Å². The minimum absolute atomic E-state index is 0.0496. The first-order valence-electron chi connectivity index (χ1n) is 9.70. The van der Waals surface area contributed by atoms with Gasteiger partial charge in [0.25, 0.3) is 5.91 Å². The van der Waals surface area contributed by atoms with Gasteiger partial charge in [0, 0.05) is 45.0 Å². The molecule has 2 aromatic rings. The lowest BCUT2D eigenvalue weighted by molar-refractivity contribution is 0.0730. The van der Waals surface area contributed by atoms with Crippen LogP contribution < -0.4 is 10.2 Å². The third-order valence-electron chi connectivity index (χ3n) is 4.97. The maximum absolute atomic E-state index is 12.6. The molecule has 1 atom stereocenters. The van der Waals surface area contributed by atoms with Gasteiger partial charge in [-0.25, -0.2) is 8.42 Å². The first-order chi connectivity index (χ1) is 14.3. The summed E-state index contributed by atoms with van der Waals surface area (Å²) in [6, 6.07) is 13.2. The molecule has 1 amide bonds. The number of amides is 1. The Hall–Kier alpha value is -2.46. The third-order valence-corrected chi connectivity index (χ3v) is 6.89. The number of ether oxygens (including phenoxy) is 1. The monoisotopic (exact) mass is 433 g/mol. The number of nitrogens with one attached hydrogen (secondary N) is 1. The fourth-order valence-electron chi connectivity index (χ4n) is 3.12. The molecule has 1 aliphatic rings. The Bertz CT molecular complexity index is 953. The fraction of sp³-hybridized carbons (Fsp3) is 0.381. The molecule has 2 N–H and O–H groups in total. The van der Waals surface area contributed by atoms with Crippen LogP contribution in [-0.4, -0.2) is 70.7 Å². The van der Waals surface area contributed by atoms with Gasteiger partial charge in [0.1, 0.15) is 0 Å². The van der Waals surface area contributed by atoms with Crippen LogP contribution in [0.3, 0.4) is 0 Å². The quantitative estimate of drug-likeness (QED) is 0.682. The number of nitrogens with zero attached hydrogens (tertiary/aromatic N) is 2. The van der Waals surface area contributed by atoms with E-state index in [4.69, 9.17) is 4.74 Å². The summed E-state index contributed by atoms with van der Waals surface area (Å²) in [5.41, 5.74) is 2.04. The Kier molecular flexibility index (Phi) is 7.09. The molecule has 1 saturated heterocycles. The van der Waals surface area contributed by atoms with Gasteiger partial charge in [-0.3, -0.25) is 4.79 Å². The number of sulfonamides is 1. The molecule has 0 bridgehead atoms. The summed E-state index contributed by atoms with van der Waals surface area (Å²) < 4.78 is 31.9. The maximum atomic E-state index is 12.6. The molecule has 3 rings (SSSR count). The molecule has 0 saturated carbocycles. The second-order valence-electron chi connectivity index (χ2n) is 7.25. The largest absolute Gasteiger partial charge is 0.387 e. The van der Waals surface area contributed by atoms with Gasteiger partial charge in [-0.2, -0.15) is 4.31 Å². The standard InChI is InChI=1S/C21H27N3O5S/c1-23(2)18-7-3-16(4-8-18)20(25)15-22-21(26)17-5-9-19(10-6-17)30(27,28)24-11-13-29-14-12-24/h3-10,20,25H,11-15H2,1-2H3,(H,22,26). The van der Waals surface area contributed by atoms with Crippen molar-refractivity contribution in [2.45, 2.75) is 11.0 Å². The Morgan fingerprint density at radius 2 is 1.70 bits per heavy atom. The van der Waals surface area contributed by atoms with Gasteiger partial charge < -0.3 is 20.1 Å². The number of benzene rings is 2. The molecule has 8 nitrogen and oxygen atoms in total. The van der Waals surface area contributed by atoms with Gasteiger partial charge in [-0.1, -0.05) is 12.1 Å². The maximum Gasteiger partial charge on any atom is 0.251 e. The van der Waals surface area contributed by atoms with Crippen LogP contribution in [0.4, 0.5) is 5.69 Å². The van der Waals surface area contributed by atoms with Gasteiger partial charge >= 0.3 is 0 Å². The topological polar surface area (TPSA) is 99.2 Å². The minimum atomic E-state index is -3.60. The van der Waals surface area contributed by atoms with Crippen LogP contribution in [0.1, 0.15) is 22.0 Å². The van der Waals surface area contributed by atoms with Crippen molar-refractivity contribution >= 4 is 21.6 Å².